The molecule has 1 heterocycles. The molecule has 1 atom stereocenters. The number of nitrogens with one attached hydrogen (secondary N) is 1. The Morgan fingerprint density at radius 3 is 2.81 bits per heavy atom. The summed E-state index contributed by atoms with van der Waals surface area (Å²) in [4.78, 5) is 22.2. The van der Waals surface area contributed by atoms with Crippen LogP contribution in [0.5, 0.6) is 5.75 Å². The molecule has 0 aliphatic carbocycles. The molecule has 3 rings (SSSR count). The molecule has 138 valence electrons. The molecule has 1 aliphatic heterocycles. The van der Waals surface area contributed by atoms with Crippen molar-refractivity contribution in [2.45, 2.75) is 18.3 Å². The molecule has 0 aromatic heterocycles. The lowest BCUT2D eigenvalue weighted by Gasteiger charge is -2.06. The van der Waals surface area contributed by atoms with Crippen LogP contribution in [0.2, 0.25) is 0 Å². The summed E-state index contributed by atoms with van der Waals surface area (Å²) < 4.78 is 5.76. The average Bonchev–Trinajstić information content (AvgIpc) is 3.00. The van der Waals surface area contributed by atoms with Gasteiger partial charge in [-0.1, -0.05) is 54.2 Å². The maximum Gasteiger partial charge on any atom is 0.239 e. The zero-order valence-electron chi connectivity index (χ0n) is 14.2. The van der Waals surface area contributed by atoms with Crippen LogP contribution >= 0.6 is 11.8 Å². The Labute approximate surface area is 160 Å². The highest BCUT2D eigenvalue weighted by molar-refractivity contribution is 8.15. The number of amides is 1. The molecule has 1 fully saturated rings. The number of aliphatic carboxylic acids is 1. The van der Waals surface area contributed by atoms with Crippen LogP contribution in [-0.4, -0.2) is 28.5 Å². The van der Waals surface area contributed by atoms with Crippen LogP contribution < -0.4 is 15.2 Å². The van der Waals surface area contributed by atoms with E-state index in [0.717, 1.165) is 22.9 Å². The first-order valence-electron chi connectivity index (χ1n) is 8.15. The minimum Gasteiger partial charge on any atom is -0.550 e. The summed E-state index contributed by atoms with van der Waals surface area (Å²) >= 11 is 1.02. The summed E-state index contributed by atoms with van der Waals surface area (Å²) in [6.07, 6.45) is 1.17. The molecule has 0 spiro atoms. The van der Waals surface area contributed by atoms with E-state index in [9.17, 15) is 14.7 Å². The van der Waals surface area contributed by atoms with Gasteiger partial charge in [0.15, 0.2) is 5.17 Å². The third-order valence-electron chi connectivity index (χ3n) is 3.59. The molecule has 2 aromatic rings. The van der Waals surface area contributed by atoms with Gasteiger partial charge in [0.25, 0.3) is 0 Å². The number of hydrogen-bond donors (Lipinski definition) is 1. The lowest BCUT2D eigenvalue weighted by molar-refractivity contribution is -0.305. The predicted molar refractivity (Wildman–Crippen MR) is 101 cm³/mol. The molecule has 0 unspecified atom stereocenters. The highest BCUT2D eigenvalue weighted by Crippen LogP contribution is 2.22. The number of nitrogens with zero attached hydrogens (tertiary/aromatic N) is 2. The van der Waals surface area contributed by atoms with Gasteiger partial charge in [0.1, 0.15) is 12.4 Å². The first-order chi connectivity index (χ1) is 13.1. The summed E-state index contributed by atoms with van der Waals surface area (Å²) in [6.45, 7) is 0.465. The number of benzene rings is 2. The van der Waals surface area contributed by atoms with E-state index in [1.54, 1.807) is 0 Å². The van der Waals surface area contributed by atoms with E-state index in [1.807, 2.05) is 54.6 Å². The smallest absolute Gasteiger partial charge is 0.239 e. The maximum absolute atomic E-state index is 11.6. The first-order valence-corrected chi connectivity index (χ1v) is 9.03. The number of ether oxygens (including phenoxy) is 1. The van der Waals surface area contributed by atoms with Crippen molar-refractivity contribution in [2.24, 2.45) is 10.2 Å². The van der Waals surface area contributed by atoms with Crippen LogP contribution in [0.15, 0.2) is 64.8 Å². The Morgan fingerprint density at radius 1 is 1.22 bits per heavy atom. The summed E-state index contributed by atoms with van der Waals surface area (Å²) in [6, 6.07) is 17.2. The van der Waals surface area contributed by atoms with Crippen molar-refractivity contribution in [1.82, 2.24) is 5.32 Å². The fourth-order valence-electron chi connectivity index (χ4n) is 2.31. The van der Waals surface area contributed by atoms with Gasteiger partial charge in [-0.3, -0.25) is 4.79 Å². The third kappa shape index (κ3) is 5.68. The van der Waals surface area contributed by atoms with E-state index in [0.29, 0.717) is 12.4 Å². The number of amidine groups is 1. The molecule has 7 nitrogen and oxygen atoms in total. The van der Waals surface area contributed by atoms with E-state index in [1.165, 1.54) is 6.21 Å². The van der Waals surface area contributed by atoms with Crippen LogP contribution in [0.1, 0.15) is 17.5 Å². The van der Waals surface area contributed by atoms with Gasteiger partial charge in [-0.25, -0.2) is 0 Å². The standard InChI is InChI=1S/C19H17N3O4S/c23-17(24)10-16-18(25)21-19(27-16)22-20-11-14-7-4-8-15(9-14)26-12-13-5-2-1-3-6-13/h1-9,11,16H,10,12H2,(H,23,24)(H,21,22,25)/p-1/b20-11-/t16-/m0/s1. The summed E-state index contributed by atoms with van der Waals surface area (Å²) in [5.74, 6) is -0.984. The Hall–Kier alpha value is -3.13. The molecule has 1 saturated heterocycles. The number of carbonyl (C=O) groups is 2. The van der Waals surface area contributed by atoms with E-state index in [-0.39, 0.29) is 11.6 Å². The Kier molecular flexibility index (Phi) is 6.22. The van der Waals surface area contributed by atoms with Gasteiger partial charge >= 0.3 is 0 Å². The highest BCUT2D eigenvalue weighted by Gasteiger charge is 2.30. The molecule has 0 radical (unpaired) electrons. The molecule has 0 bridgehead atoms. The molecule has 1 amide bonds. The second kappa shape index (κ2) is 9.00. The summed E-state index contributed by atoms with van der Waals surface area (Å²) in [5.41, 5.74) is 1.86. The molecule has 2 aromatic carbocycles. The number of carbonyl (C=O) groups excluding carboxylic acids is 2. The van der Waals surface area contributed by atoms with Crippen molar-refractivity contribution in [3.8, 4) is 5.75 Å². The molecule has 1 aliphatic rings. The molecule has 1 N–H and O–H groups in total. The van der Waals surface area contributed by atoms with Crippen molar-refractivity contribution in [2.75, 3.05) is 0 Å². The van der Waals surface area contributed by atoms with Gasteiger partial charge in [-0.05, 0) is 23.3 Å². The molecule has 27 heavy (non-hydrogen) atoms. The van der Waals surface area contributed by atoms with Crippen LogP contribution in [0.25, 0.3) is 0 Å². The van der Waals surface area contributed by atoms with Crippen LogP contribution in [0.3, 0.4) is 0 Å². The topological polar surface area (TPSA) is 103 Å². The van der Waals surface area contributed by atoms with Gasteiger partial charge in [0, 0.05) is 12.4 Å². The SMILES string of the molecule is O=C([O-])C[C@@H]1S/C(=N\N=C/c2cccc(OCc3ccccc3)c2)NC1=O. The number of hydrogen-bond acceptors (Lipinski definition) is 7. The number of rotatable bonds is 7. The Balaban J connectivity index is 1.57. The third-order valence-corrected chi connectivity index (χ3v) is 4.66. The lowest BCUT2D eigenvalue weighted by atomic mass is 10.2. The molecule has 0 saturated carbocycles. The van der Waals surface area contributed by atoms with Crippen molar-refractivity contribution in [3.05, 3.63) is 65.7 Å². The van der Waals surface area contributed by atoms with Gasteiger partial charge < -0.3 is 20.0 Å². The largest absolute Gasteiger partial charge is 0.550 e. The Morgan fingerprint density at radius 2 is 2.04 bits per heavy atom. The monoisotopic (exact) mass is 382 g/mol. The number of carboxylic acid groups (broad SMARTS) is 1. The van der Waals surface area contributed by atoms with Crippen molar-refractivity contribution < 1.29 is 19.4 Å². The summed E-state index contributed by atoms with van der Waals surface area (Å²) in [7, 11) is 0. The van der Waals surface area contributed by atoms with E-state index >= 15 is 0 Å². The molecular weight excluding hydrogens is 366 g/mol. The zero-order valence-corrected chi connectivity index (χ0v) is 15.0. The lowest BCUT2D eigenvalue weighted by Crippen LogP contribution is -2.31. The van der Waals surface area contributed by atoms with Gasteiger partial charge in [0.2, 0.25) is 5.91 Å². The zero-order chi connectivity index (χ0) is 19.1. The normalized spacial score (nSPS) is 18.0. The first kappa shape index (κ1) is 18.7. The molecular formula is C19H16N3O4S-. The Bertz CT molecular complexity index is 884. The second-order valence-electron chi connectivity index (χ2n) is 5.67. The highest BCUT2D eigenvalue weighted by atomic mass is 32.2. The molecule has 8 heteroatoms. The van der Waals surface area contributed by atoms with Crippen molar-refractivity contribution in [1.29, 1.82) is 0 Å². The summed E-state index contributed by atoms with van der Waals surface area (Å²) in [5, 5.41) is 20.5. The van der Waals surface area contributed by atoms with Crippen LogP contribution in [-0.2, 0) is 16.2 Å². The van der Waals surface area contributed by atoms with Crippen molar-refractivity contribution >= 4 is 35.0 Å². The minimum atomic E-state index is -1.28. The fourth-order valence-corrected chi connectivity index (χ4v) is 3.22. The van der Waals surface area contributed by atoms with Crippen LogP contribution in [0.4, 0.5) is 0 Å². The van der Waals surface area contributed by atoms with Crippen molar-refractivity contribution in [3.63, 3.8) is 0 Å². The minimum absolute atomic E-state index is 0.263. The van der Waals surface area contributed by atoms with E-state index in [2.05, 4.69) is 15.5 Å². The van der Waals surface area contributed by atoms with Gasteiger partial charge in [0.05, 0.1) is 11.5 Å². The van der Waals surface area contributed by atoms with Gasteiger partial charge in [-0.2, -0.15) is 5.10 Å². The predicted octanol–water partition coefficient (Wildman–Crippen LogP) is 1.33. The van der Waals surface area contributed by atoms with E-state index in [4.69, 9.17) is 4.74 Å². The van der Waals surface area contributed by atoms with E-state index < -0.39 is 17.1 Å². The fraction of sp³-hybridized carbons (Fsp3) is 0.158. The second-order valence-corrected chi connectivity index (χ2v) is 6.86. The average molecular weight is 382 g/mol. The van der Waals surface area contributed by atoms with Crippen LogP contribution in [0, 0.1) is 0 Å². The number of thioether (sulfide) groups is 1. The quantitative estimate of drug-likeness (QED) is 0.575. The number of carboxylic acids is 1. The van der Waals surface area contributed by atoms with Gasteiger partial charge in [-0.15, -0.1) is 5.10 Å². The maximum atomic E-state index is 11.6.